The molecule has 0 aliphatic heterocycles. The number of nitrogens with zero attached hydrogens (tertiary/aromatic N) is 1. The molecule has 3 heteroatoms. The Hall–Kier alpha value is -2.26. The Bertz CT molecular complexity index is 801. The van der Waals surface area contributed by atoms with Gasteiger partial charge in [-0.05, 0) is 61.0 Å². The van der Waals surface area contributed by atoms with Crippen molar-refractivity contribution in [2.24, 2.45) is 0 Å². The first-order chi connectivity index (χ1) is 11.2. The summed E-state index contributed by atoms with van der Waals surface area (Å²) in [4.78, 5) is 6.00. The standard InChI is InChI=1S/C20H23N3/c1-23(13-16-11-15-5-2-3-8-20(15)22-16)17-9-10-18-14(12-17)6-4-7-19(18)21/h2-8,11,17,22H,9-10,12-13,21H2,1H3. The summed E-state index contributed by atoms with van der Waals surface area (Å²) < 4.78 is 0. The quantitative estimate of drug-likeness (QED) is 0.724. The number of fused-ring (bicyclic) bond motifs is 2. The van der Waals surface area contributed by atoms with E-state index in [0.717, 1.165) is 25.1 Å². The lowest BCUT2D eigenvalue weighted by Gasteiger charge is -2.32. The van der Waals surface area contributed by atoms with Crippen molar-refractivity contribution < 1.29 is 0 Å². The monoisotopic (exact) mass is 305 g/mol. The summed E-state index contributed by atoms with van der Waals surface area (Å²) in [5, 5.41) is 1.29. The Balaban J connectivity index is 1.50. The SMILES string of the molecule is CN(Cc1cc2ccccc2[nH]1)C1CCc2c(N)cccc2C1. The highest BCUT2D eigenvalue weighted by Gasteiger charge is 2.23. The minimum Gasteiger partial charge on any atom is -0.398 e. The van der Waals surface area contributed by atoms with E-state index in [1.54, 1.807) is 0 Å². The number of nitrogen functional groups attached to an aromatic ring is 1. The minimum atomic E-state index is 0.579. The molecule has 0 bridgehead atoms. The maximum atomic E-state index is 6.11. The number of aromatic nitrogens is 1. The number of likely N-dealkylation sites (N-methyl/N-ethyl adjacent to an activating group) is 1. The molecular formula is C20H23N3. The number of H-pyrrole nitrogens is 1. The van der Waals surface area contributed by atoms with Gasteiger partial charge >= 0.3 is 0 Å². The molecule has 118 valence electrons. The van der Waals surface area contributed by atoms with Crippen LogP contribution in [-0.4, -0.2) is 23.0 Å². The van der Waals surface area contributed by atoms with Gasteiger partial charge in [-0.25, -0.2) is 0 Å². The number of rotatable bonds is 3. The average molecular weight is 305 g/mol. The Morgan fingerprint density at radius 2 is 2.04 bits per heavy atom. The molecule has 1 aromatic heterocycles. The molecule has 3 nitrogen and oxygen atoms in total. The summed E-state index contributed by atoms with van der Waals surface area (Å²) in [5.74, 6) is 0. The fraction of sp³-hybridized carbons (Fsp3) is 0.300. The lowest BCUT2D eigenvalue weighted by molar-refractivity contribution is 0.212. The van der Waals surface area contributed by atoms with Crippen LogP contribution >= 0.6 is 0 Å². The van der Waals surface area contributed by atoms with E-state index in [1.165, 1.54) is 34.1 Å². The molecule has 1 aliphatic rings. The highest BCUT2D eigenvalue weighted by Crippen LogP contribution is 2.28. The first-order valence-corrected chi connectivity index (χ1v) is 8.34. The lowest BCUT2D eigenvalue weighted by Crippen LogP contribution is -2.36. The molecule has 0 fully saturated rings. The maximum Gasteiger partial charge on any atom is 0.0456 e. The van der Waals surface area contributed by atoms with Gasteiger partial charge in [-0.1, -0.05) is 30.3 Å². The van der Waals surface area contributed by atoms with Gasteiger partial charge in [0.25, 0.3) is 0 Å². The number of nitrogens with one attached hydrogen (secondary N) is 1. The highest BCUT2D eigenvalue weighted by atomic mass is 15.1. The van der Waals surface area contributed by atoms with Crippen molar-refractivity contribution in [3.8, 4) is 0 Å². The van der Waals surface area contributed by atoms with Crippen molar-refractivity contribution in [2.75, 3.05) is 12.8 Å². The van der Waals surface area contributed by atoms with Gasteiger partial charge in [0, 0.05) is 29.5 Å². The normalized spacial score (nSPS) is 17.6. The molecule has 0 radical (unpaired) electrons. The summed E-state index contributed by atoms with van der Waals surface area (Å²) >= 11 is 0. The number of nitrogens with two attached hydrogens (primary N) is 1. The number of aromatic amines is 1. The van der Waals surface area contributed by atoms with Crippen LogP contribution in [0.25, 0.3) is 10.9 Å². The zero-order chi connectivity index (χ0) is 15.8. The number of benzene rings is 2. The first-order valence-electron chi connectivity index (χ1n) is 8.34. The summed E-state index contributed by atoms with van der Waals surface area (Å²) in [6, 6.07) is 17.6. The van der Waals surface area contributed by atoms with Crippen LogP contribution in [0.3, 0.4) is 0 Å². The third kappa shape index (κ3) is 2.73. The molecule has 1 atom stereocenters. The van der Waals surface area contributed by atoms with Gasteiger partial charge in [-0.15, -0.1) is 0 Å². The van der Waals surface area contributed by atoms with Gasteiger partial charge in [0.15, 0.2) is 0 Å². The number of hydrogen-bond acceptors (Lipinski definition) is 2. The van der Waals surface area contributed by atoms with Crippen LogP contribution in [0.4, 0.5) is 5.69 Å². The Labute approximate surface area is 137 Å². The maximum absolute atomic E-state index is 6.11. The molecule has 1 aliphatic carbocycles. The molecule has 3 N–H and O–H groups in total. The van der Waals surface area contributed by atoms with Crippen molar-refractivity contribution in [3.63, 3.8) is 0 Å². The molecule has 1 unspecified atom stereocenters. The molecule has 0 saturated heterocycles. The van der Waals surface area contributed by atoms with Crippen LogP contribution < -0.4 is 5.73 Å². The summed E-state index contributed by atoms with van der Waals surface area (Å²) in [5.41, 5.74) is 12.4. The Kier molecular flexibility index (Phi) is 3.58. The second kappa shape index (κ2) is 5.74. The lowest BCUT2D eigenvalue weighted by atomic mass is 9.86. The second-order valence-electron chi connectivity index (χ2n) is 6.68. The van der Waals surface area contributed by atoms with Crippen molar-refractivity contribution in [2.45, 2.75) is 31.8 Å². The van der Waals surface area contributed by atoms with Gasteiger partial charge in [0.1, 0.15) is 0 Å². The molecule has 2 aromatic carbocycles. The summed E-state index contributed by atoms with van der Waals surface area (Å²) in [6.45, 7) is 0.955. The van der Waals surface area contributed by atoms with Crippen molar-refractivity contribution in [1.29, 1.82) is 0 Å². The van der Waals surface area contributed by atoms with Crippen LogP contribution in [0.5, 0.6) is 0 Å². The van der Waals surface area contributed by atoms with Crippen molar-refractivity contribution >= 4 is 16.6 Å². The number of para-hydroxylation sites is 1. The van der Waals surface area contributed by atoms with E-state index in [9.17, 15) is 0 Å². The molecule has 1 heterocycles. The van der Waals surface area contributed by atoms with Gasteiger partial charge in [0.2, 0.25) is 0 Å². The molecule has 4 rings (SSSR count). The predicted octanol–water partition coefficient (Wildman–Crippen LogP) is 3.74. The van der Waals surface area contributed by atoms with E-state index in [2.05, 4.69) is 59.4 Å². The van der Waals surface area contributed by atoms with Crippen LogP contribution in [-0.2, 0) is 19.4 Å². The molecule has 23 heavy (non-hydrogen) atoms. The predicted molar refractivity (Wildman–Crippen MR) is 96.4 cm³/mol. The minimum absolute atomic E-state index is 0.579. The average Bonchev–Trinajstić information content (AvgIpc) is 2.97. The molecule has 0 amide bonds. The van der Waals surface area contributed by atoms with Crippen molar-refractivity contribution in [3.05, 3.63) is 65.4 Å². The van der Waals surface area contributed by atoms with Gasteiger partial charge in [0.05, 0.1) is 0 Å². The fourth-order valence-electron chi connectivity index (χ4n) is 3.81. The van der Waals surface area contributed by atoms with E-state index in [0.29, 0.717) is 6.04 Å². The number of anilines is 1. The molecular weight excluding hydrogens is 282 g/mol. The van der Waals surface area contributed by atoms with E-state index in [4.69, 9.17) is 5.73 Å². The smallest absolute Gasteiger partial charge is 0.0456 e. The van der Waals surface area contributed by atoms with E-state index >= 15 is 0 Å². The zero-order valence-electron chi connectivity index (χ0n) is 13.5. The van der Waals surface area contributed by atoms with Crippen LogP contribution in [0, 0.1) is 0 Å². The Morgan fingerprint density at radius 1 is 1.17 bits per heavy atom. The largest absolute Gasteiger partial charge is 0.398 e. The van der Waals surface area contributed by atoms with Gasteiger partial charge < -0.3 is 10.7 Å². The fourth-order valence-corrected chi connectivity index (χ4v) is 3.81. The topological polar surface area (TPSA) is 45.0 Å². The first kappa shape index (κ1) is 14.3. The summed E-state index contributed by atoms with van der Waals surface area (Å²) in [6.07, 6.45) is 3.36. The zero-order valence-corrected chi connectivity index (χ0v) is 13.5. The van der Waals surface area contributed by atoms with Gasteiger partial charge in [-0.2, -0.15) is 0 Å². The second-order valence-corrected chi connectivity index (χ2v) is 6.68. The van der Waals surface area contributed by atoms with E-state index in [1.807, 2.05) is 6.07 Å². The van der Waals surface area contributed by atoms with Crippen LogP contribution in [0.15, 0.2) is 48.5 Å². The van der Waals surface area contributed by atoms with Crippen LogP contribution in [0.1, 0.15) is 23.2 Å². The van der Waals surface area contributed by atoms with Gasteiger partial charge in [-0.3, -0.25) is 4.90 Å². The molecule has 3 aromatic rings. The third-order valence-electron chi connectivity index (χ3n) is 5.12. The third-order valence-corrected chi connectivity index (χ3v) is 5.12. The van der Waals surface area contributed by atoms with E-state index in [-0.39, 0.29) is 0 Å². The Morgan fingerprint density at radius 3 is 2.91 bits per heavy atom. The highest BCUT2D eigenvalue weighted by molar-refractivity contribution is 5.80. The summed E-state index contributed by atoms with van der Waals surface area (Å²) in [7, 11) is 2.23. The number of hydrogen-bond donors (Lipinski definition) is 2. The molecule has 0 spiro atoms. The van der Waals surface area contributed by atoms with Crippen LogP contribution in [0.2, 0.25) is 0 Å². The van der Waals surface area contributed by atoms with E-state index < -0.39 is 0 Å². The van der Waals surface area contributed by atoms with Crippen molar-refractivity contribution in [1.82, 2.24) is 9.88 Å². The molecule has 0 saturated carbocycles.